The molecule has 1 aromatic rings. The third-order valence-electron chi connectivity index (χ3n) is 4.43. The topological polar surface area (TPSA) is 52.3 Å². The van der Waals surface area contributed by atoms with Gasteiger partial charge in [0.2, 0.25) is 0 Å². The summed E-state index contributed by atoms with van der Waals surface area (Å²) in [5.74, 6) is 0.824. The summed E-state index contributed by atoms with van der Waals surface area (Å²) in [4.78, 5) is 12.3. The molecular formula is C16H21NO2. The lowest BCUT2D eigenvalue weighted by Crippen LogP contribution is -2.25. The third-order valence-corrected chi connectivity index (χ3v) is 4.43. The number of hydrogen-bond acceptors (Lipinski definition) is 3. The first-order valence-electron chi connectivity index (χ1n) is 7.27. The number of carbonyl (C=O) groups excluding carboxylic acids is 1. The lowest BCUT2D eigenvalue weighted by molar-refractivity contribution is 0.0404. The van der Waals surface area contributed by atoms with Crippen LogP contribution in [0.2, 0.25) is 0 Å². The molecule has 3 rings (SSSR count). The zero-order valence-electron chi connectivity index (χ0n) is 11.2. The fourth-order valence-electron chi connectivity index (χ4n) is 2.92. The van der Waals surface area contributed by atoms with E-state index in [-0.39, 0.29) is 18.0 Å². The van der Waals surface area contributed by atoms with Crippen LogP contribution in [0.15, 0.2) is 24.3 Å². The monoisotopic (exact) mass is 259 g/mol. The van der Waals surface area contributed by atoms with Crippen molar-refractivity contribution in [2.45, 2.75) is 50.2 Å². The molecular weight excluding hydrogens is 238 g/mol. The molecule has 2 atom stereocenters. The number of ketones is 1. The predicted octanol–water partition coefficient (Wildman–Crippen LogP) is 2.64. The summed E-state index contributed by atoms with van der Waals surface area (Å²) in [7, 11) is 0. The Kier molecular flexibility index (Phi) is 3.67. The van der Waals surface area contributed by atoms with Crippen LogP contribution in [-0.2, 0) is 4.74 Å². The van der Waals surface area contributed by atoms with Gasteiger partial charge in [0.1, 0.15) is 6.10 Å². The average molecular weight is 259 g/mol. The molecule has 0 spiro atoms. The Hall–Kier alpha value is -1.19. The van der Waals surface area contributed by atoms with Crippen molar-refractivity contribution in [1.82, 2.24) is 0 Å². The molecule has 1 saturated carbocycles. The summed E-state index contributed by atoms with van der Waals surface area (Å²) in [5.41, 5.74) is 7.71. The van der Waals surface area contributed by atoms with Gasteiger partial charge >= 0.3 is 0 Å². The Morgan fingerprint density at radius 3 is 2.42 bits per heavy atom. The quantitative estimate of drug-likeness (QED) is 0.846. The van der Waals surface area contributed by atoms with E-state index < -0.39 is 0 Å². The minimum atomic E-state index is -0.289. The highest BCUT2D eigenvalue weighted by Crippen LogP contribution is 2.36. The number of Topliss-reactive ketones (excluding diaryl/α,β-unsaturated/α-hetero) is 1. The summed E-state index contributed by atoms with van der Waals surface area (Å²) in [5, 5.41) is 0. The van der Waals surface area contributed by atoms with Gasteiger partial charge in [-0.2, -0.15) is 0 Å². The third kappa shape index (κ3) is 2.58. The summed E-state index contributed by atoms with van der Waals surface area (Å²) in [6.07, 6.45) is 5.38. The van der Waals surface area contributed by atoms with Gasteiger partial charge in [-0.1, -0.05) is 30.7 Å². The molecule has 1 saturated heterocycles. The first-order chi connectivity index (χ1) is 9.28. The lowest BCUT2D eigenvalue weighted by Gasteiger charge is -2.25. The van der Waals surface area contributed by atoms with Gasteiger partial charge in [0.15, 0.2) is 5.78 Å². The number of rotatable bonds is 4. The molecule has 2 unspecified atom stereocenters. The number of benzene rings is 1. The molecule has 3 nitrogen and oxygen atoms in total. The van der Waals surface area contributed by atoms with E-state index in [1.54, 1.807) is 0 Å². The van der Waals surface area contributed by atoms with Crippen molar-refractivity contribution in [3.63, 3.8) is 0 Å². The number of ether oxygens (including phenoxy) is 1. The minimum Gasteiger partial charge on any atom is -0.366 e. The summed E-state index contributed by atoms with van der Waals surface area (Å²) >= 11 is 0. The molecule has 2 N–H and O–H groups in total. The van der Waals surface area contributed by atoms with Crippen LogP contribution in [0, 0.1) is 0 Å². The molecule has 1 aliphatic carbocycles. The fraction of sp³-hybridized carbons (Fsp3) is 0.562. The number of hydrogen-bond donors (Lipinski definition) is 1. The number of nitrogens with two attached hydrogens (primary N) is 1. The highest BCUT2D eigenvalue weighted by Gasteiger charge is 2.30. The Bertz CT molecular complexity index is 450. The van der Waals surface area contributed by atoms with E-state index in [1.807, 2.05) is 12.1 Å². The van der Waals surface area contributed by atoms with Crippen molar-refractivity contribution in [3.8, 4) is 0 Å². The van der Waals surface area contributed by atoms with Gasteiger partial charge in [-0.15, -0.1) is 0 Å². The predicted molar refractivity (Wildman–Crippen MR) is 74.3 cm³/mol. The Morgan fingerprint density at radius 2 is 1.89 bits per heavy atom. The summed E-state index contributed by atoms with van der Waals surface area (Å²) in [6.45, 7) is 0.504. The Balaban J connectivity index is 1.66. The Labute approximate surface area is 114 Å². The highest BCUT2D eigenvalue weighted by atomic mass is 16.5. The van der Waals surface area contributed by atoms with Gasteiger partial charge in [0, 0.05) is 12.1 Å². The zero-order valence-corrected chi connectivity index (χ0v) is 11.2. The van der Waals surface area contributed by atoms with Crippen molar-refractivity contribution in [3.05, 3.63) is 35.4 Å². The Morgan fingerprint density at radius 1 is 1.16 bits per heavy atom. The molecule has 2 aliphatic rings. The van der Waals surface area contributed by atoms with Crippen LogP contribution in [0.5, 0.6) is 0 Å². The largest absolute Gasteiger partial charge is 0.366 e. The van der Waals surface area contributed by atoms with Crippen molar-refractivity contribution in [1.29, 1.82) is 0 Å². The van der Waals surface area contributed by atoms with Crippen LogP contribution < -0.4 is 5.73 Å². The van der Waals surface area contributed by atoms with Crippen LogP contribution in [0.4, 0.5) is 0 Å². The smallest absolute Gasteiger partial charge is 0.191 e. The van der Waals surface area contributed by atoms with E-state index in [9.17, 15) is 4.79 Å². The van der Waals surface area contributed by atoms with Crippen LogP contribution in [0.1, 0.15) is 53.9 Å². The maximum Gasteiger partial charge on any atom is 0.191 e. The molecule has 1 aliphatic heterocycles. The van der Waals surface area contributed by atoms with Crippen molar-refractivity contribution < 1.29 is 9.53 Å². The van der Waals surface area contributed by atoms with Crippen LogP contribution in [-0.4, -0.2) is 24.5 Å². The van der Waals surface area contributed by atoms with Crippen LogP contribution in [0.25, 0.3) is 0 Å². The van der Waals surface area contributed by atoms with Gasteiger partial charge in [0.25, 0.3) is 0 Å². The van der Waals surface area contributed by atoms with Gasteiger partial charge in [-0.05, 0) is 37.2 Å². The fourth-order valence-corrected chi connectivity index (χ4v) is 2.92. The number of carbonyl (C=O) groups is 1. The second-order valence-corrected chi connectivity index (χ2v) is 5.67. The van der Waals surface area contributed by atoms with E-state index in [0.29, 0.717) is 12.5 Å². The maximum absolute atomic E-state index is 12.3. The van der Waals surface area contributed by atoms with Crippen LogP contribution >= 0.6 is 0 Å². The lowest BCUT2D eigenvalue weighted by atomic mass is 9.80. The molecule has 1 heterocycles. The standard InChI is InChI=1S/C16H21NO2/c17-10-14-8-9-15(19-14)16(18)13-6-4-12(5-7-13)11-2-1-3-11/h4-7,11,14-15H,1-3,8-10,17H2. The van der Waals surface area contributed by atoms with Crippen LogP contribution in [0.3, 0.4) is 0 Å². The zero-order chi connectivity index (χ0) is 13.2. The molecule has 0 bridgehead atoms. The van der Waals surface area contributed by atoms with Gasteiger partial charge in [-0.25, -0.2) is 0 Å². The van der Waals surface area contributed by atoms with E-state index in [2.05, 4.69) is 12.1 Å². The SMILES string of the molecule is NCC1CCC(C(=O)c2ccc(C3CCC3)cc2)O1. The average Bonchev–Trinajstić information content (AvgIpc) is 2.85. The normalized spacial score (nSPS) is 27.2. The second-order valence-electron chi connectivity index (χ2n) is 5.67. The van der Waals surface area contributed by atoms with Crippen molar-refractivity contribution in [2.75, 3.05) is 6.54 Å². The molecule has 3 heteroatoms. The first kappa shape index (κ1) is 12.8. The molecule has 19 heavy (non-hydrogen) atoms. The first-order valence-corrected chi connectivity index (χ1v) is 7.27. The molecule has 0 amide bonds. The summed E-state index contributed by atoms with van der Waals surface area (Å²) < 4.78 is 5.66. The van der Waals surface area contributed by atoms with Gasteiger partial charge in [-0.3, -0.25) is 4.79 Å². The van der Waals surface area contributed by atoms with Crippen molar-refractivity contribution in [2.24, 2.45) is 5.73 Å². The van der Waals surface area contributed by atoms with E-state index in [4.69, 9.17) is 10.5 Å². The molecule has 1 aromatic carbocycles. The van der Waals surface area contributed by atoms with Gasteiger partial charge in [0.05, 0.1) is 6.10 Å². The molecule has 102 valence electrons. The van der Waals surface area contributed by atoms with E-state index in [1.165, 1.54) is 24.8 Å². The van der Waals surface area contributed by atoms with Crippen molar-refractivity contribution >= 4 is 5.78 Å². The maximum atomic E-state index is 12.3. The van der Waals surface area contributed by atoms with Gasteiger partial charge < -0.3 is 10.5 Å². The summed E-state index contributed by atoms with van der Waals surface area (Å²) in [6, 6.07) is 8.11. The second kappa shape index (κ2) is 5.43. The molecule has 0 radical (unpaired) electrons. The van der Waals surface area contributed by atoms with E-state index >= 15 is 0 Å². The minimum absolute atomic E-state index is 0.0585. The highest BCUT2D eigenvalue weighted by molar-refractivity contribution is 5.99. The van der Waals surface area contributed by atoms with E-state index in [0.717, 1.165) is 18.4 Å². The molecule has 0 aromatic heterocycles. The molecule has 2 fully saturated rings.